The predicted molar refractivity (Wildman–Crippen MR) is 124 cm³/mol. The molecule has 4 N–H and O–H groups in total. The Hall–Kier alpha value is -2.28. The van der Waals surface area contributed by atoms with Crippen molar-refractivity contribution in [1.29, 1.82) is 0 Å². The number of hydrogen-bond donors (Lipinski definition) is 4. The molecule has 1 aliphatic heterocycles. The summed E-state index contributed by atoms with van der Waals surface area (Å²) in [4.78, 5) is 53.8. The maximum absolute atomic E-state index is 12.7. The molecule has 1 heterocycles. The molecular formula is C22H39N5O7. The van der Waals surface area contributed by atoms with Crippen LogP contribution in [0.25, 0.3) is 0 Å². The van der Waals surface area contributed by atoms with Gasteiger partial charge in [0.15, 0.2) is 0 Å². The van der Waals surface area contributed by atoms with Gasteiger partial charge in [0, 0.05) is 58.4 Å². The van der Waals surface area contributed by atoms with Crippen LogP contribution in [0.1, 0.15) is 32.1 Å². The largest absolute Gasteiger partial charge is 0.480 e. The van der Waals surface area contributed by atoms with Crippen LogP contribution in [0.5, 0.6) is 0 Å². The van der Waals surface area contributed by atoms with Gasteiger partial charge in [-0.2, -0.15) is 0 Å². The lowest BCUT2D eigenvalue weighted by molar-refractivity contribution is -0.140. The third kappa shape index (κ3) is 11.7. The molecule has 2 rings (SSSR count). The molecule has 12 heteroatoms. The van der Waals surface area contributed by atoms with Gasteiger partial charge < -0.3 is 20.6 Å². The number of carbonyl (C=O) groups excluding carboxylic acids is 1. The van der Waals surface area contributed by atoms with E-state index in [1.165, 1.54) is 6.42 Å². The number of carboxylic acids is 3. The molecule has 0 aromatic carbocycles. The van der Waals surface area contributed by atoms with Gasteiger partial charge in [0.2, 0.25) is 5.91 Å². The van der Waals surface area contributed by atoms with Crippen LogP contribution < -0.4 is 5.32 Å². The lowest BCUT2D eigenvalue weighted by Gasteiger charge is -2.33. The van der Waals surface area contributed by atoms with Gasteiger partial charge in [-0.25, -0.2) is 0 Å². The molecule has 2 aliphatic rings. The molecule has 0 unspecified atom stereocenters. The van der Waals surface area contributed by atoms with Gasteiger partial charge in [0.25, 0.3) is 0 Å². The molecule has 0 aromatic heterocycles. The Morgan fingerprint density at radius 1 is 0.559 bits per heavy atom. The van der Waals surface area contributed by atoms with E-state index in [1.54, 1.807) is 14.7 Å². The average Bonchev–Trinajstić information content (AvgIpc) is 2.75. The van der Waals surface area contributed by atoms with E-state index in [1.807, 2.05) is 4.90 Å². The average molecular weight is 486 g/mol. The highest BCUT2D eigenvalue weighted by molar-refractivity contribution is 5.78. The van der Waals surface area contributed by atoms with Crippen molar-refractivity contribution in [2.45, 2.75) is 38.1 Å². The Bertz CT molecular complexity index is 655. The number of carbonyl (C=O) groups is 4. The van der Waals surface area contributed by atoms with Crippen LogP contribution in [-0.2, 0) is 19.2 Å². The van der Waals surface area contributed by atoms with Crippen molar-refractivity contribution in [2.75, 3.05) is 78.5 Å². The van der Waals surface area contributed by atoms with Gasteiger partial charge in [-0.05, 0) is 12.8 Å². The maximum atomic E-state index is 12.7. The van der Waals surface area contributed by atoms with Crippen LogP contribution in [-0.4, -0.2) is 143 Å². The van der Waals surface area contributed by atoms with E-state index < -0.39 is 17.9 Å². The third-order valence-electron chi connectivity index (χ3n) is 6.34. The summed E-state index contributed by atoms with van der Waals surface area (Å²) < 4.78 is 0. The zero-order valence-electron chi connectivity index (χ0n) is 19.9. The molecule has 34 heavy (non-hydrogen) atoms. The predicted octanol–water partition coefficient (Wildman–Crippen LogP) is -1.09. The summed E-state index contributed by atoms with van der Waals surface area (Å²) in [6, 6.07) is 0.195. The van der Waals surface area contributed by atoms with Crippen LogP contribution in [0.3, 0.4) is 0 Å². The first-order valence-electron chi connectivity index (χ1n) is 12.1. The van der Waals surface area contributed by atoms with Gasteiger partial charge in [-0.15, -0.1) is 0 Å². The number of amides is 1. The molecule has 1 saturated carbocycles. The smallest absolute Gasteiger partial charge is 0.317 e. The highest BCUT2D eigenvalue weighted by Crippen LogP contribution is 2.17. The Kier molecular flexibility index (Phi) is 12.2. The highest BCUT2D eigenvalue weighted by Gasteiger charge is 2.22. The van der Waals surface area contributed by atoms with E-state index in [0.29, 0.717) is 52.4 Å². The molecule has 194 valence electrons. The summed E-state index contributed by atoms with van der Waals surface area (Å²) in [5, 5.41) is 30.9. The van der Waals surface area contributed by atoms with E-state index in [2.05, 4.69) is 5.32 Å². The van der Waals surface area contributed by atoms with Gasteiger partial charge in [-0.1, -0.05) is 19.3 Å². The van der Waals surface area contributed by atoms with Crippen LogP contribution in [0, 0.1) is 0 Å². The Labute approximate surface area is 200 Å². The summed E-state index contributed by atoms with van der Waals surface area (Å²) in [7, 11) is 0. The third-order valence-corrected chi connectivity index (χ3v) is 6.34. The first kappa shape index (κ1) is 28.0. The molecule has 0 bridgehead atoms. The lowest BCUT2D eigenvalue weighted by atomic mass is 9.95. The highest BCUT2D eigenvalue weighted by atomic mass is 16.4. The van der Waals surface area contributed by atoms with Crippen molar-refractivity contribution in [2.24, 2.45) is 0 Å². The summed E-state index contributed by atoms with van der Waals surface area (Å²) in [6.45, 7) is 2.76. The second-order valence-corrected chi connectivity index (χ2v) is 9.19. The Morgan fingerprint density at radius 3 is 1.21 bits per heavy atom. The fraction of sp³-hybridized carbons (Fsp3) is 0.818. The quantitative estimate of drug-likeness (QED) is 0.315. The summed E-state index contributed by atoms with van der Waals surface area (Å²) >= 11 is 0. The number of rotatable bonds is 9. The number of aliphatic carboxylic acids is 3. The fourth-order valence-corrected chi connectivity index (χ4v) is 4.51. The molecule has 0 atom stereocenters. The van der Waals surface area contributed by atoms with Crippen molar-refractivity contribution < 1.29 is 34.5 Å². The van der Waals surface area contributed by atoms with Crippen LogP contribution in [0.4, 0.5) is 0 Å². The van der Waals surface area contributed by atoms with Crippen molar-refractivity contribution >= 4 is 23.8 Å². The normalized spacial score (nSPS) is 21.3. The lowest BCUT2D eigenvalue weighted by Crippen LogP contribution is -2.50. The summed E-state index contributed by atoms with van der Waals surface area (Å²) in [5.74, 6) is -2.99. The molecule has 1 saturated heterocycles. The standard InChI is InChI=1S/C22H39N5O7/c28-19(23-18-4-2-1-3-5-18)14-24-6-8-25(15-20(29)30)10-12-27(17-22(33)34)13-11-26(9-7-24)16-21(31)32/h18H,1-17H2,(H,23,28)(H,29,30)(H,31,32)(H,33,34). The second kappa shape index (κ2) is 14.9. The minimum Gasteiger partial charge on any atom is -0.480 e. The van der Waals surface area contributed by atoms with E-state index in [9.17, 15) is 34.5 Å². The second-order valence-electron chi connectivity index (χ2n) is 9.19. The molecule has 0 spiro atoms. The minimum atomic E-state index is -0.989. The molecule has 2 fully saturated rings. The Balaban J connectivity index is 2.06. The van der Waals surface area contributed by atoms with E-state index in [4.69, 9.17) is 0 Å². The van der Waals surface area contributed by atoms with Gasteiger partial charge in [0.05, 0.1) is 26.2 Å². The van der Waals surface area contributed by atoms with Crippen LogP contribution in [0.15, 0.2) is 0 Å². The van der Waals surface area contributed by atoms with Crippen molar-refractivity contribution in [3.8, 4) is 0 Å². The Morgan fingerprint density at radius 2 is 0.882 bits per heavy atom. The number of nitrogens with one attached hydrogen (secondary N) is 1. The zero-order valence-corrected chi connectivity index (χ0v) is 19.9. The monoisotopic (exact) mass is 485 g/mol. The summed E-state index contributed by atoms with van der Waals surface area (Å²) in [5.41, 5.74) is 0. The van der Waals surface area contributed by atoms with Crippen molar-refractivity contribution in [1.82, 2.24) is 24.9 Å². The number of hydrogen-bond acceptors (Lipinski definition) is 8. The van der Waals surface area contributed by atoms with Crippen molar-refractivity contribution in [3.05, 3.63) is 0 Å². The maximum Gasteiger partial charge on any atom is 0.317 e. The number of carboxylic acid groups (broad SMARTS) is 3. The van der Waals surface area contributed by atoms with E-state index in [-0.39, 0.29) is 38.1 Å². The van der Waals surface area contributed by atoms with E-state index in [0.717, 1.165) is 25.7 Å². The topological polar surface area (TPSA) is 154 Å². The van der Waals surface area contributed by atoms with Crippen LogP contribution >= 0.6 is 0 Å². The molecule has 0 radical (unpaired) electrons. The van der Waals surface area contributed by atoms with Crippen molar-refractivity contribution in [3.63, 3.8) is 0 Å². The van der Waals surface area contributed by atoms with Gasteiger partial charge in [-0.3, -0.25) is 38.8 Å². The SMILES string of the molecule is O=C(O)CN1CCN(CC(=O)O)CCN(CC(=O)NC2CCCCC2)CCN(CC(=O)O)CC1. The summed E-state index contributed by atoms with van der Waals surface area (Å²) in [6.07, 6.45) is 5.39. The van der Waals surface area contributed by atoms with Gasteiger partial charge in [0.1, 0.15) is 0 Å². The van der Waals surface area contributed by atoms with Crippen LogP contribution in [0.2, 0.25) is 0 Å². The van der Waals surface area contributed by atoms with Gasteiger partial charge >= 0.3 is 17.9 Å². The molecular weight excluding hydrogens is 446 g/mol. The molecule has 1 aliphatic carbocycles. The molecule has 0 aromatic rings. The molecule has 1 amide bonds. The number of nitrogens with zero attached hydrogens (tertiary/aromatic N) is 4. The van der Waals surface area contributed by atoms with E-state index >= 15 is 0 Å². The first-order valence-corrected chi connectivity index (χ1v) is 12.1. The minimum absolute atomic E-state index is 0.0683. The molecule has 12 nitrogen and oxygen atoms in total. The first-order chi connectivity index (χ1) is 16.2. The fourth-order valence-electron chi connectivity index (χ4n) is 4.51. The zero-order chi connectivity index (χ0) is 24.9.